The van der Waals surface area contributed by atoms with Crippen LogP contribution in [0, 0.1) is 16.7 Å². The maximum atomic E-state index is 2.61. The van der Waals surface area contributed by atoms with Crippen LogP contribution in [0.3, 0.4) is 0 Å². The van der Waals surface area contributed by atoms with Gasteiger partial charge >= 0.3 is 0 Å². The van der Waals surface area contributed by atoms with E-state index < -0.39 is 0 Å². The Morgan fingerprint density at radius 2 is 1.81 bits per heavy atom. The molecule has 3 atom stereocenters. The molecule has 0 aromatic carbocycles. The molecule has 0 saturated heterocycles. The zero-order valence-corrected chi connectivity index (χ0v) is 11.6. The first kappa shape index (κ1) is 12.5. The Bertz CT molecular complexity index is 232. The fourth-order valence-electron chi connectivity index (χ4n) is 4.86. The summed E-state index contributed by atoms with van der Waals surface area (Å²) in [7, 11) is 0. The standard InChI is InChI=1S/C16H30/c1-4-8-14-9-12-15(3)10-6-7-11-16(15,5-2)13-14/h14H,4-13H2,1-3H3/t14?,15-,16+/m1/s1. The smallest absolute Gasteiger partial charge is 0.0244 e. The summed E-state index contributed by atoms with van der Waals surface area (Å²) in [6, 6.07) is 0. The van der Waals surface area contributed by atoms with Gasteiger partial charge in [0.25, 0.3) is 0 Å². The fraction of sp³-hybridized carbons (Fsp3) is 1.00. The van der Waals surface area contributed by atoms with Crippen LogP contribution < -0.4 is 0 Å². The second-order valence-electron chi connectivity index (χ2n) is 6.80. The van der Waals surface area contributed by atoms with Crippen molar-refractivity contribution in [3.8, 4) is 0 Å². The highest BCUT2D eigenvalue weighted by molar-refractivity contribution is 5.01. The molecule has 0 aliphatic heterocycles. The van der Waals surface area contributed by atoms with E-state index in [1.807, 2.05) is 0 Å². The van der Waals surface area contributed by atoms with Crippen LogP contribution >= 0.6 is 0 Å². The van der Waals surface area contributed by atoms with Crippen molar-refractivity contribution >= 4 is 0 Å². The van der Waals surface area contributed by atoms with Crippen molar-refractivity contribution in [1.82, 2.24) is 0 Å². The van der Waals surface area contributed by atoms with Gasteiger partial charge in [-0.3, -0.25) is 0 Å². The van der Waals surface area contributed by atoms with E-state index in [0.29, 0.717) is 5.41 Å². The first-order chi connectivity index (χ1) is 7.66. The molecule has 0 aromatic heterocycles. The van der Waals surface area contributed by atoms with Gasteiger partial charge in [0.15, 0.2) is 0 Å². The lowest BCUT2D eigenvalue weighted by atomic mass is 9.48. The van der Waals surface area contributed by atoms with Crippen LogP contribution in [0.1, 0.15) is 85.0 Å². The van der Waals surface area contributed by atoms with Gasteiger partial charge < -0.3 is 0 Å². The molecule has 0 radical (unpaired) electrons. The van der Waals surface area contributed by atoms with E-state index in [4.69, 9.17) is 0 Å². The van der Waals surface area contributed by atoms with E-state index in [9.17, 15) is 0 Å². The molecular formula is C16H30. The molecule has 0 spiro atoms. The van der Waals surface area contributed by atoms with E-state index >= 15 is 0 Å². The lowest BCUT2D eigenvalue weighted by molar-refractivity contribution is -0.0668. The molecule has 2 aliphatic rings. The van der Waals surface area contributed by atoms with Gasteiger partial charge in [0.1, 0.15) is 0 Å². The molecule has 1 unspecified atom stereocenters. The molecule has 0 N–H and O–H groups in total. The Morgan fingerprint density at radius 3 is 2.50 bits per heavy atom. The van der Waals surface area contributed by atoms with Crippen LogP contribution in [0.25, 0.3) is 0 Å². The van der Waals surface area contributed by atoms with Crippen molar-refractivity contribution in [3.63, 3.8) is 0 Å². The van der Waals surface area contributed by atoms with E-state index in [1.54, 1.807) is 6.42 Å². The summed E-state index contributed by atoms with van der Waals surface area (Å²) in [5.74, 6) is 1.05. The van der Waals surface area contributed by atoms with Gasteiger partial charge in [-0.2, -0.15) is 0 Å². The minimum Gasteiger partial charge on any atom is -0.0654 e. The Balaban J connectivity index is 2.14. The van der Waals surface area contributed by atoms with Crippen molar-refractivity contribution in [2.75, 3.05) is 0 Å². The maximum absolute atomic E-state index is 2.61. The van der Waals surface area contributed by atoms with Gasteiger partial charge in [0.2, 0.25) is 0 Å². The number of hydrogen-bond acceptors (Lipinski definition) is 0. The first-order valence-electron chi connectivity index (χ1n) is 7.66. The van der Waals surface area contributed by atoms with Crippen molar-refractivity contribution in [2.24, 2.45) is 16.7 Å². The average molecular weight is 222 g/mol. The van der Waals surface area contributed by atoms with E-state index in [2.05, 4.69) is 20.8 Å². The van der Waals surface area contributed by atoms with Crippen LogP contribution in [0.15, 0.2) is 0 Å². The molecule has 2 rings (SSSR count). The number of fused-ring (bicyclic) bond motifs is 1. The number of rotatable bonds is 3. The van der Waals surface area contributed by atoms with Gasteiger partial charge in [0, 0.05) is 0 Å². The molecule has 16 heavy (non-hydrogen) atoms. The van der Waals surface area contributed by atoms with Crippen molar-refractivity contribution in [1.29, 1.82) is 0 Å². The quantitative estimate of drug-likeness (QED) is 0.586. The Labute approximate surface area is 102 Å². The fourth-order valence-corrected chi connectivity index (χ4v) is 4.86. The zero-order valence-electron chi connectivity index (χ0n) is 11.6. The molecule has 2 aliphatic carbocycles. The van der Waals surface area contributed by atoms with Gasteiger partial charge in [-0.25, -0.2) is 0 Å². The van der Waals surface area contributed by atoms with Crippen molar-refractivity contribution in [3.05, 3.63) is 0 Å². The average Bonchev–Trinajstić information content (AvgIpc) is 2.30. The van der Waals surface area contributed by atoms with Gasteiger partial charge in [-0.05, 0) is 55.3 Å². The highest BCUT2D eigenvalue weighted by atomic mass is 14.6. The van der Waals surface area contributed by atoms with E-state index in [0.717, 1.165) is 11.3 Å². The third-order valence-corrected chi connectivity index (χ3v) is 6.07. The lowest BCUT2D eigenvalue weighted by Crippen LogP contribution is -2.47. The highest BCUT2D eigenvalue weighted by Crippen LogP contribution is 2.62. The normalized spacial score (nSPS) is 44.1. The summed E-state index contributed by atoms with van der Waals surface area (Å²) in [5, 5.41) is 0. The van der Waals surface area contributed by atoms with Crippen LogP contribution in [-0.2, 0) is 0 Å². The third kappa shape index (κ3) is 1.93. The van der Waals surface area contributed by atoms with E-state index in [1.165, 1.54) is 57.8 Å². The van der Waals surface area contributed by atoms with Crippen LogP contribution in [0.5, 0.6) is 0 Å². The Kier molecular flexibility index (Phi) is 3.66. The van der Waals surface area contributed by atoms with Gasteiger partial charge in [0.05, 0.1) is 0 Å². The predicted octanol–water partition coefficient (Wildman–Crippen LogP) is 5.56. The lowest BCUT2D eigenvalue weighted by Gasteiger charge is -2.57. The summed E-state index contributed by atoms with van der Waals surface area (Å²) in [4.78, 5) is 0. The molecule has 0 nitrogen and oxygen atoms in total. The summed E-state index contributed by atoms with van der Waals surface area (Å²) in [5.41, 5.74) is 1.42. The van der Waals surface area contributed by atoms with Crippen molar-refractivity contribution in [2.45, 2.75) is 85.0 Å². The molecule has 0 aromatic rings. The zero-order chi connectivity index (χ0) is 11.6. The summed E-state index contributed by atoms with van der Waals surface area (Å²) in [6.07, 6.45) is 14.9. The van der Waals surface area contributed by atoms with Crippen LogP contribution in [0.2, 0.25) is 0 Å². The van der Waals surface area contributed by atoms with Crippen LogP contribution in [0.4, 0.5) is 0 Å². The van der Waals surface area contributed by atoms with Crippen molar-refractivity contribution < 1.29 is 0 Å². The third-order valence-electron chi connectivity index (χ3n) is 6.07. The molecule has 2 saturated carbocycles. The van der Waals surface area contributed by atoms with E-state index in [-0.39, 0.29) is 0 Å². The maximum Gasteiger partial charge on any atom is -0.0244 e. The summed E-state index contributed by atoms with van der Waals surface area (Å²) >= 11 is 0. The Morgan fingerprint density at radius 1 is 1.06 bits per heavy atom. The first-order valence-corrected chi connectivity index (χ1v) is 7.66. The Hall–Kier alpha value is 0. The molecule has 94 valence electrons. The van der Waals surface area contributed by atoms with Gasteiger partial charge in [-0.15, -0.1) is 0 Å². The molecule has 0 bridgehead atoms. The minimum atomic E-state index is 0.699. The molecule has 2 fully saturated rings. The molecule has 0 heterocycles. The monoisotopic (exact) mass is 222 g/mol. The predicted molar refractivity (Wildman–Crippen MR) is 71.5 cm³/mol. The highest BCUT2D eigenvalue weighted by Gasteiger charge is 2.51. The SMILES string of the molecule is CCCC1CC[C@@]2(C)CCCC[C@@]2(CC)C1. The molecule has 0 heteroatoms. The minimum absolute atomic E-state index is 0.699. The largest absolute Gasteiger partial charge is 0.0654 e. The number of hydrogen-bond donors (Lipinski definition) is 0. The summed E-state index contributed by atoms with van der Waals surface area (Å²) in [6.45, 7) is 7.42. The van der Waals surface area contributed by atoms with Gasteiger partial charge in [-0.1, -0.05) is 46.5 Å². The molecular weight excluding hydrogens is 192 g/mol. The molecule has 0 amide bonds. The second kappa shape index (κ2) is 4.70. The second-order valence-corrected chi connectivity index (χ2v) is 6.80. The van der Waals surface area contributed by atoms with Crippen LogP contribution in [-0.4, -0.2) is 0 Å². The summed E-state index contributed by atoms with van der Waals surface area (Å²) < 4.78 is 0. The topological polar surface area (TPSA) is 0 Å².